The first kappa shape index (κ1) is 16.4. The highest BCUT2D eigenvalue weighted by Crippen LogP contribution is 2.25. The Balaban J connectivity index is 2.36. The van der Waals surface area contributed by atoms with Crippen LogP contribution in [0.4, 0.5) is 0 Å². The fourth-order valence-electron chi connectivity index (χ4n) is 2.52. The summed E-state index contributed by atoms with van der Waals surface area (Å²) in [4.78, 5) is 2.57. The molecule has 1 saturated heterocycles. The summed E-state index contributed by atoms with van der Waals surface area (Å²) in [5.41, 5.74) is 6.90. The van der Waals surface area contributed by atoms with Crippen LogP contribution in [0.1, 0.15) is 17.5 Å². The van der Waals surface area contributed by atoms with Gasteiger partial charge in [-0.1, -0.05) is 24.4 Å². The lowest BCUT2D eigenvalue weighted by Gasteiger charge is -2.21. The number of hydrogen-bond donors (Lipinski definition) is 1. The lowest BCUT2D eigenvalue weighted by Crippen LogP contribution is -2.34. The van der Waals surface area contributed by atoms with Gasteiger partial charge in [0.2, 0.25) is 10.0 Å². The predicted octanol–water partition coefficient (Wildman–Crippen LogP) is 0.954. The van der Waals surface area contributed by atoms with Crippen molar-refractivity contribution < 1.29 is 8.42 Å². The summed E-state index contributed by atoms with van der Waals surface area (Å²) in [7, 11) is 0.443. The maximum absolute atomic E-state index is 12.8. The zero-order chi connectivity index (χ0) is 15.8. The van der Waals surface area contributed by atoms with E-state index in [0.717, 1.165) is 6.42 Å². The van der Waals surface area contributed by atoms with E-state index in [9.17, 15) is 8.42 Å². The van der Waals surface area contributed by atoms with Crippen LogP contribution in [0.5, 0.6) is 0 Å². The van der Waals surface area contributed by atoms with Gasteiger partial charge < -0.3 is 10.6 Å². The number of nitrogens with two attached hydrogens (primary N) is 1. The van der Waals surface area contributed by atoms with E-state index < -0.39 is 10.0 Å². The molecule has 2 rings (SSSR count). The van der Waals surface area contributed by atoms with Gasteiger partial charge in [-0.2, -0.15) is 4.31 Å². The summed E-state index contributed by atoms with van der Waals surface area (Å²) in [5.74, 6) is 0. The molecule has 0 spiro atoms. The van der Waals surface area contributed by atoms with Crippen molar-refractivity contribution >= 4 is 27.2 Å². The van der Waals surface area contributed by atoms with E-state index in [-0.39, 0.29) is 11.0 Å². The summed E-state index contributed by atoms with van der Waals surface area (Å²) in [6, 6.07) is 5.35. The molecule has 1 aliphatic heterocycles. The SMILES string of the molecule is Cc1ccc(C(N)=S)cc1S(=O)(=O)N1CCC(N(C)C)C1. The molecule has 0 radical (unpaired) electrons. The first-order valence-corrected chi connectivity index (χ1v) is 8.65. The molecule has 7 heteroatoms. The Hall–Kier alpha value is -1.02. The molecule has 116 valence electrons. The molecule has 1 fully saturated rings. The zero-order valence-corrected chi connectivity index (χ0v) is 14.2. The van der Waals surface area contributed by atoms with Gasteiger partial charge in [0.15, 0.2) is 0 Å². The summed E-state index contributed by atoms with van der Waals surface area (Å²) in [6.07, 6.45) is 0.847. The Labute approximate surface area is 131 Å². The topological polar surface area (TPSA) is 66.6 Å². The van der Waals surface area contributed by atoms with E-state index in [2.05, 4.69) is 4.90 Å². The molecule has 1 atom stereocenters. The molecule has 2 N–H and O–H groups in total. The minimum absolute atomic E-state index is 0.207. The third-order valence-electron chi connectivity index (χ3n) is 3.95. The van der Waals surface area contributed by atoms with E-state index in [0.29, 0.717) is 29.1 Å². The van der Waals surface area contributed by atoms with Crippen LogP contribution in [0.25, 0.3) is 0 Å². The Kier molecular flexibility index (Phi) is 4.67. The van der Waals surface area contributed by atoms with Crippen LogP contribution in [0, 0.1) is 6.92 Å². The molecular weight excluding hydrogens is 306 g/mol. The molecule has 1 aliphatic rings. The molecule has 5 nitrogen and oxygen atoms in total. The van der Waals surface area contributed by atoms with Crippen LogP contribution in [0.3, 0.4) is 0 Å². The number of sulfonamides is 1. The standard InChI is InChI=1S/C14H21N3O2S2/c1-10-4-5-11(14(15)20)8-13(10)21(18,19)17-7-6-12(9-17)16(2)3/h4-5,8,12H,6-7,9H2,1-3H3,(H2,15,20). The fourth-order valence-corrected chi connectivity index (χ4v) is 4.39. The molecule has 21 heavy (non-hydrogen) atoms. The maximum Gasteiger partial charge on any atom is 0.243 e. The minimum Gasteiger partial charge on any atom is -0.389 e. The van der Waals surface area contributed by atoms with Crippen molar-refractivity contribution in [2.24, 2.45) is 5.73 Å². The van der Waals surface area contributed by atoms with E-state index in [1.165, 1.54) is 0 Å². The normalized spacial score (nSPS) is 20.1. The van der Waals surface area contributed by atoms with Crippen molar-refractivity contribution in [2.75, 3.05) is 27.2 Å². The molecule has 1 aromatic rings. The van der Waals surface area contributed by atoms with Gasteiger partial charge in [0.05, 0.1) is 4.90 Å². The average molecular weight is 327 g/mol. The lowest BCUT2D eigenvalue weighted by molar-refractivity contribution is 0.302. The molecule has 1 heterocycles. The van der Waals surface area contributed by atoms with Gasteiger partial charge in [-0.05, 0) is 39.1 Å². The smallest absolute Gasteiger partial charge is 0.243 e. The summed E-state index contributed by atoms with van der Waals surface area (Å²) in [6.45, 7) is 2.85. The van der Waals surface area contributed by atoms with Gasteiger partial charge in [-0.15, -0.1) is 0 Å². The Morgan fingerprint density at radius 1 is 1.43 bits per heavy atom. The van der Waals surface area contributed by atoms with Gasteiger partial charge in [-0.25, -0.2) is 8.42 Å². The van der Waals surface area contributed by atoms with Crippen molar-refractivity contribution in [1.29, 1.82) is 0 Å². The summed E-state index contributed by atoms with van der Waals surface area (Å²) < 4.78 is 27.2. The van der Waals surface area contributed by atoms with Crippen LogP contribution in [-0.4, -0.2) is 55.8 Å². The monoisotopic (exact) mass is 327 g/mol. The molecule has 0 aliphatic carbocycles. The second-order valence-corrected chi connectivity index (χ2v) is 7.96. The zero-order valence-electron chi connectivity index (χ0n) is 12.5. The average Bonchev–Trinajstić information content (AvgIpc) is 2.89. The first-order valence-electron chi connectivity index (χ1n) is 6.80. The Morgan fingerprint density at radius 3 is 2.62 bits per heavy atom. The predicted molar refractivity (Wildman–Crippen MR) is 87.9 cm³/mol. The van der Waals surface area contributed by atoms with Gasteiger partial charge in [-0.3, -0.25) is 0 Å². The number of hydrogen-bond acceptors (Lipinski definition) is 4. The largest absolute Gasteiger partial charge is 0.389 e. The van der Waals surface area contributed by atoms with Gasteiger partial charge in [0, 0.05) is 24.7 Å². The van der Waals surface area contributed by atoms with Gasteiger partial charge in [0.1, 0.15) is 4.99 Å². The van der Waals surface area contributed by atoms with Crippen molar-refractivity contribution in [1.82, 2.24) is 9.21 Å². The van der Waals surface area contributed by atoms with Crippen molar-refractivity contribution in [3.05, 3.63) is 29.3 Å². The van der Waals surface area contributed by atoms with Crippen molar-refractivity contribution in [3.63, 3.8) is 0 Å². The number of benzene rings is 1. The molecule has 0 saturated carbocycles. The van der Waals surface area contributed by atoms with Crippen LogP contribution >= 0.6 is 12.2 Å². The highest BCUT2D eigenvalue weighted by Gasteiger charge is 2.34. The van der Waals surface area contributed by atoms with Crippen LogP contribution in [0.15, 0.2) is 23.1 Å². The van der Waals surface area contributed by atoms with Crippen LogP contribution in [-0.2, 0) is 10.0 Å². The number of thiocarbonyl (C=S) groups is 1. The molecule has 1 aromatic carbocycles. The third-order valence-corrected chi connectivity index (χ3v) is 6.19. The second kappa shape index (κ2) is 6.00. The molecular formula is C14H21N3O2S2. The Morgan fingerprint density at radius 2 is 2.10 bits per heavy atom. The fraction of sp³-hybridized carbons (Fsp3) is 0.500. The molecule has 0 aromatic heterocycles. The summed E-state index contributed by atoms with van der Waals surface area (Å²) in [5, 5.41) is 0. The van der Waals surface area contributed by atoms with Crippen LogP contribution < -0.4 is 5.73 Å². The number of likely N-dealkylation sites (N-methyl/N-ethyl adjacent to an activating group) is 1. The number of nitrogens with zero attached hydrogens (tertiary/aromatic N) is 2. The maximum atomic E-state index is 12.8. The molecule has 0 amide bonds. The second-order valence-electron chi connectivity index (χ2n) is 5.61. The van der Waals surface area contributed by atoms with Crippen molar-refractivity contribution in [3.8, 4) is 0 Å². The van der Waals surface area contributed by atoms with Crippen LogP contribution in [0.2, 0.25) is 0 Å². The quantitative estimate of drug-likeness (QED) is 0.834. The Bertz CT molecular complexity index is 656. The van der Waals surface area contributed by atoms with Gasteiger partial charge in [0.25, 0.3) is 0 Å². The lowest BCUT2D eigenvalue weighted by atomic mass is 10.1. The van der Waals surface area contributed by atoms with E-state index in [4.69, 9.17) is 18.0 Å². The highest BCUT2D eigenvalue weighted by atomic mass is 32.2. The van der Waals surface area contributed by atoms with Crippen molar-refractivity contribution in [2.45, 2.75) is 24.3 Å². The first-order chi connectivity index (χ1) is 9.73. The number of aryl methyl sites for hydroxylation is 1. The van der Waals surface area contributed by atoms with Gasteiger partial charge >= 0.3 is 0 Å². The third kappa shape index (κ3) is 3.26. The van der Waals surface area contributed by atoms with E-state index in [1.54, 1.807) is 29.4 Å². The van der Waals surface area contributed by atoms with E-state index in [1.807, 2.05) is 14.1 Å². The highest BCUT2D eigenvalue weighted by molar-refractivity contribution is 7.89. The molecule has 0 bridgehead atoms. The van der Waals surface area contributed by atoms with E-state index >= 15 is 0 Å². The minimum atomic E-state index is -3.50. The molecule has 1 unspecified atom stereocenters. The summed E-state index contributed by atoms with van der Waals surface area (Å²) >= 11 is 4.94. The number of rotatable bonds is 4.